The summed E-state index contributed by atoms with van der Waals surface area (Å²) in [4.78, 5) is 22.7. The summed E-state index contributed by atoms with van der Waals surface area (Å²) in [6.07, 6.45) is 4.68. The quantitative estimate of drug-likeness (QED) is 0.707. The number of fused-ring (bicyclic) bond motifs is 3. The van der Waals surface area contributed by atoms with Crippen LogP contribution in [-0.2, 0) is 12.8 Å². The van der Waals surface area contributed by atoms with E-state index in [1.54, 1.807) is 17.4 Å². The predicted octanol–water partition coefficient (Wildman–Crippen LogP) is 3.64. The van der Waals surface area contributed by atoms with Gasteiger partial charge in [-0.3, -0.25) is 0 Å². The lowest BCUT2D eigenvalue weighted by Gasteiger charge is -2.14. The fraction of sp³-hybridized carbons (Fsp3) is 0.278. The van der Waals surface area contributed by atoms with Crippen molar-refractivity contribution in [1.82, 2.24) is 9.97 Å². The van der Waals surface area contributed by atoms with Crippen LogP contribution in [0.4, 0.5) is 11.5 Å². The van der Waals surface area contributed by atoms with Crippen LogP contribution in [0.1, 0.15) is 27.2 Å². The second-order valence-corrected chi connectivity index (χ2v) is 7.03. The zero-order valence-electron chi connectivity index (χ0n) is 14.3. The maximum atomic E-state index is 11.7. The number of nitrogens with zero attached hydrogens (tertiary/aromatic N) is 2. The van der Waals surface area contributed by atoms with Crippen LogP contribution < -0.4 is 14.8 Å². The summed E-state index contributed by atoms with van der Waals surface area (Å²) < 4.78 is 10.5. The van der Waals surface area contributed by atoms with Gasteiger partial charge in [-0.15, -0.1) is 11.3 Å². The summed E-state index contributed by atoms with van der Waals surface area (Å²) in [5.41, 5.74) is 1.75. The largest absolute Gasteiger partial charge is 0.493 e. The van der Waals surface area contributed by atoms with E-state index in [1.807, 2.05) is 0 Å². The molecule has 1 aliphatic rings. The molecule has 0 radical (unpaired) electrons. The van der Waals surface area contributed by atoms with Crippen molar-refractivity contribution < 1.29 is 19.4 Å². The Kier molecular flexibility index (Phi) is 4.12. The first-order valence-corrected chi connectivity index (χ1v) is 8.95. The van der Waals surface area contributed by atoms with Gasteiger partial charge in [-0.1, -0.05) is 0 Å². The fourth-order valence-electron chi connectivity index (χ4n) is 3.31. The van der Waals surface area contributed by atoms with Crippen molar-refractivity contribution in [3.63, 3.8) is 0 Å². The lowest BCUT2D eigenvalue weighted by molar-refractivity contribution is 0.0697. The minimum Gasteiger partial charge on any atom is -0.493 e. The molecule has 2 heterocycles. The number of carboxylic acids is 1. The van der Waals surface area contributed by atoms with Crippen LogP contribution >= 0.6 is 11.3 Å². The standard InChI is InChI=1S/C18H17N3O4S/c1-24-12-6-10(18(22)23)11(7-13(12)25-2)21-16-15-9-4-3-5-14(9)26-17(15)20-8-19-16/h6-8H,3-5H2,1-2H3,(H,22,23)(H,19,20,21). The lowest BCUT2D eigenvalue weighted by Crippen LogP contribution is -2.06. The lowest BCUT2D eigenvalue weighted by atomic mass is 10.1. The molecule has 7 nitrogen and oxygen atoms in total. The molecule has 0 spiro atoms. The summed E-state index contributed by atoms with van der Waals surface area (Å²) in [6.45, 7) is 0. The highest BCUT2D eigenvalue weighted by Gasteiger charge is 2.23. The zero-order chi connectivity index (χ0) is 18.3. The molecule has 0 atom stereocenters. The van der Waals surface area contributed by atoms with Gasteiger partial charge in [-0.25, -0.2) is 14.8 Å². The van der Waals surface area contributed by atoms with Gasteiger partial charge in [0, 0.05) is 17.0 Å². The molecular weight excluding hydrogens is 354 g/mol. The molecule has 1 aromatic carbocycles. The molecule has 4 rings (SSSR count). The number of methoxy groups -OCH3 is 2. The van der Waals surface area contributed by atoms with Gasteiger partial charge < -0.3 is 19.9 Å². The number of aryl methyl sites for hydroxylation is 2. The molecule has 26 heavy (non-hydrogen) atoms. The van der Waals surface area contributed by atoms with E-state index in [-0.39, 0.29) is 5.56 Å². The van der Waals surface area contributed by atoms with E-state index >= 15 is 0 Å². The van der Waals surface area contributed by atoms with E-state index in [0.29, 0.717) is 23.0 Å². The minimum atomic E-state index is -1.06. The van der Waals surface area contributed by atoms with Gasteiger partial charge in [-0.2, -0.15) is 0 Å². The van der Waals surface area contributed by atoms with Crippen LogP contribution in [0.5, 0.6) is 11.5 Å². The highest BCUT2D eigenvalue weighted by molar-refractivity contribution is 7.19. The monoisotopic (exact) mass is 371 g/mol. The number of nitrogens with one attached hydrogen (secondary N) is 1. The summed E-state index contributed by atoms with van der Waals surface area (Å²) in [5, 5.41) is 13.7. The van der Waals surface area contributed by atoms with E-state index in [4.69, 9.17) is 9.47 Å². The molecule has 2 N–H and O–H groups in total. The Bertz CT molecular complexity index is 1020. The maximum absolute atomic E-state index is 11.7. The molecule has 1 aliphatic carbocycles. The van der Waals surface area contributed by atoms with E-state index in [2.05, 4.69) is 15.3 Å². The molecule has 8 heteroatoms. The Morgan fingerprint density at radius 1 is 1.19 bits per heavy atom. The number of thiophene rings is 1. The number of ether oxygens (including phenoxy) is 2. The highest BCUT2D eigenvalue weighted by atomic mass is 32.1. The third-order valence-electron chi connectivity index (χ3n) is 4.51. The first kappa shape index (κ1) is 16.6. The Labute approximate surface area is 153 Å². The van der Waals surface area contributed by atoms with Gasteiger partial charge in [0.25, 0.3) is 0 Å². The maximum Gasteiger partial charge on any atom is 0.337 e. The molecule has 2 aromatic heterocycles. The topological polar surface area (TPSA) is 93.6 Å². The Hall–Kier alpha value is -2.87. The number of aromatic nitrogens is 2. The Morgan fingerprint density at radius 2 is 1.96 bits per heavy atom. The highest BCUT2D eigenvalue weighted by Crippen LogP contribution is 2.41. The second-order valence-electron chi connectivity index (χ2n) is 5.94. The van der Waals surface area contributed by atoms with Crippen LogP contribution in [0.2, 0.25) is 0 Å². The number of anilines is 2. The first-order valence-electron chi connectivity index (χ1n) is 8.14. The van der Waals surface area contributed by atoms with Crippen LogP contribution in [0.3, 0.4) is 0 Å². The minimum absolute atomic E-state index is 0.0845. The van der Waals surface area contributed by atoms with Crippen molar-refractivity contribution in [3.8, 4) is 11.5 Å². The second kappa shape index (κ2) is 6.45. The number of aromatic carboxylic acids is 1. The van der Waals surface area contributed by atoms with Crippen molar-refractivity contribution in [2.75, 3.05) is 19.5 Å². The van der Waals surface area contributed by atoms with Crippen molar-refractivity contribution in [3.05, 3.63) is 34.5 Å². The normalized spacial score (nSPS) is 12.8. The molecule has 0 saturated heterocycles. The number of hydrogen-bond donors (Lipinski definition) is 2. The third kappa shape index (κ3) is 2.62. The molecule has 134 valence electrons. The van der Waals surface area contributed by atoms with Crippen LogP contribution in [0.15, 0.2) is 18.5 Å². The molecule has 0 aliphatic heterocycles. The average molecular weight is 371 g/mol. The Morgan fingerprint density at radius 3 is 2.69 bits per heavy atom. The Balaban J connectivity index is 1.85. The first-order chi connectivity index (χ1) is 12.6. The summed E-state index contributed by atoms with van der Waals surface area (Å²) in [5.74, 6) is 0.360. The van der Waals surface area contributed by atoms with Gasteiger partial charge in [0.2, 0.25) is 0 Å². The molecule has 0 bridgehead atoms. The van der Waals surface area contributed by atoms with E-state index in [0.717, 1.165) is 29.5 Å². The third-order valence-corrected chi connectivity index (χ3v) is 5.71. The summed E-state index contributed by atoms with van der Waals surface area (Å²) in [7, 11) is 2.98. The van der Waals surface area contributed by atoms with Crippen molar-refractivity contribution in [2.24, 2.45) is 0 Å². The summed E-state index contributed by atoms with van der Waals surface area (Å²) >= 11 is 1.68. The van der Waals surface area contributed by atoms with E-state index < -0.39 is 5.97 Å². The van der Waals surface area contributed by atoms with Gasteiger partial charge >= 0.3 is 5.97 Å². The van der Waals surface area contributed by atoms with Crippen LogP contribution in [-0.4, -0.2) is 35.3 Å². The number of carboxylic acid groups (broad SMARTS) is 1. The SMILES string of the molecule is COc1cc(Nc2ncnc3sc4c(c23)CCC4)c(C(=O)O)cc1OC. The van der Waals surface area contributed by atoms with Crippen molar-refractivity contribution >= 4 is 39.0 Å². The molecular formula is C18H17N3O4S. The number of rotatable bonds is 5. The van der Waals surface area contributed by atoms with E-state index in [9.17, 15) is 9.90 Å². The van der Waals surface area contributed by atoms with Gasteiger partial charge in [0.05, 0.1) is 30.9 Å². The zero-order valence-corrected chi connectivity index (χ0v) is 15.1. The molecule has 0 saturated carbocycles. The van der Waals surface area contributed by atoms with Crippen LogP contribution in [0, 0.1) is 0 Å². The van der Waals surface area contributed by atoms with Gasteiger partial charge in [-0.05, 0) is 24.8 Å². The summed E-state index contributed by atoms with van der Waals surface area (Å²) in [6, 6.07) is 3.06. The molecule has 0 amide bonds. The van der Waals surface area contributed by atoms with Crippen LogP contribution in [0.25, 0.3) is 10.2 Å². The number of hydrogen-bond acceptors (Lipinski definition) is 7. The van der Waals surface area contributed by atoms with E-state index in [1.165, 1.54) is 37.1 Å². The molecule has 0 fully saturated rings. The van der Waals surface area contributed by atoms with Gasteiger partial charge in [0.1, 0.15) is 17.0 Å². The fourth-order valence-corrected chi connectivity index (χ4v) is 4.54. The number of carbonyl (C=O) groups is 1. The van der Waals surface area contributed by atoms with Crippen molar-refractivity contribution in [1.29, 1.82) is 0 Å². The molecule has 3 aromatic rings. The number of benzene rings is 1. The van der Waals surface area contributed by atoms with Crippen molar-refractivity contribution in [2.45, 2.75) is 19.3 Å². The smallest absolute Gasteiger partial charge is 0.337 e. The predicted molar refractivity (Wildman–Crippen MR) is 99.2 cm³/mol. The average Bonchev–Trinajstić information content (AvgIpc) is 3.22. The molecule has 0 unspecified atom stereocenters. The van der Waals surface area contributed by atoms with Gasteiger partial charge in [0.15, 0.2) is 11.5 Å².